The standard InChI is InChI=1S/C12H10FNO/c1-8-2-4-10(13)6-11(8)9-3-5-12(15)14-7-9/h2-7H,1H3,(H,14,15). The van der Waals surface area contributed by atoms with E-state index in [2.05, 4.69) is 4.98 Å². The summed E-state index contributed by atoms with van der Waals surface area (Å²) in [6, 6.07) is 7.71. The van der Waals surface area contributed by atoms with Crippen LogP contribution in [0.25, 0.3) is 11.1 Å². The van der Waals surface area contributed by atoms with E-state index in [9.17, 15) is 9.18 Å². The van der Waals surface area contributed by atoms with Crippen LogP contribution in [0, 0.1) is 12.7 Å². The predicted molar refractivity (Wildman–Crippen MR) is 57.2 cm³/mol. The first-order chi connectivity index (χ1) is 7.16. The second-order valence-electron chi connectivity index (χ2n) is 3.40. The van der Waals surface area contributed by atoms with E-state index >= 15 is 0 Å². The summed E-state index contributed by atoms with van der Waals surface area (Å²) in [5.41, 5.74) is 2.43. The van der Waals surface area contributed by atoms with Crippen LogP contribution >= 0.6 is 0 Å². The molecule has 1 heterocycles. The molecule has 0 fully saturated rings. The van der Waals surface area contributed by atoms with Crippen molar-refractivity contribution in [3.8, 4) is 11.1 Å². The van der Waals surface area contributed by atoms with Gasteiger partial charge in [0, 0.05) is 12.3 Å². The van der Waals surface area contributed by atoms with E-state index in [-0.39, 0.29) is 11.4 Å². The van der Waals surface area contributed by atoms with Crippen molar-refractivity contribution in [2.75, 3.05) is 0 Å². The van der Waals surface area contributed by atoms with Crippen LogP contribution in [0.15, 0.2) is 41.3 Å². The smallest absolute Gasteiger partial charge is 0.247 e. The molecule has 0 saturated carbocycles. The molecule has 0 aliphatic heterocycles. The molecule has 15 heavy (non-hydrogen) atoms. The van der Waals surface area contributed by atoms with Crippen LogP contribution in [0.4, 0.5) is 4.39 Å². The molecule has 0 amide bonds. The highest BCUT2D eigenvalue weighted by molar-refractivity contribution is 5.66. The lowest BCUT2D eigenvalue weighted by molar-refractivity contribution is 0.628. The Balaban J connectivity index is 2.58. The van der Waals surface area contributed by atoms with Crippen LogP contribution in [0.1, 0.15) is 5.56 Å². The topological polar surface area (TPSA) is 32.9 Å². The van der Waals surface area contributed by atoms with Crippen molar-refractivity contribution in [1.82, 2.24) is 4.98 Å². The first-order valence-corrected chi connectivity index (χ1v) is 4.62. The highest BCUT2D eigenvalue weighted by Crippen LogP contribution is 2.22. The van der Waals surface area contributed by atoms with E-state index in [0.29, 0.717) is 0 Å². The number of halogens is 1. The van der Waals surface area contributed by atoms with Crippen molar-refractivity contribution in [2.45, 2.75) is 6.92 Å². The Labute approximate surface area is 86.4 Å². The van der Waals surface area contributed by atoms with Gasteiger partial charge in [-0.15, -0.1) is 0 Å². The molecule has 1 N–H and O–H groups in total. The van der Waals surface area contributed by atoms with Gasteiger partial charge in [0.2, 0.25) is 5.56 Å². The summed E-state index contributed by atoms with van der Waals surface area (Å²) in [5, 5.41) is 0. The van der Waals surface area contributed by atoms with Crippen LogP contribution in [-0.2, 0) is 0 Å². The van der Waals surface area contributed by atoms with Crippen molar-refractivity contribution in [3.63, 3.8) is 0 Å². The number of hydrogen-bond donors (Lipinski definition) is 1. The number of nitrogens with one attached hydrogen (secondary N) is 1. The second kappa shape index (κ2) is 3.69. The third-order valence-electron chi connectivity index (χ3n) is 2.29. The fraction of sp³-hybridized carbons (Fsp3) is 0.0833. The summed E-state index contributed by atoms with van der Waals surface area (Å²) >= 11 is 0. The Morgan fingerprint density at radius 1 is 1.20 bits per heavy atom. The first kappa shape index (κ1) is 9.65. The molecule has 2 nitrogen and oxygen atoms in total. The van der Waals surface area contributed by atoms with E-state index in [4.69, 9.17) is 0 Å². The zero-order chi connectivity index (χ0) is 10.8. The lowest BCUT2D eigenvalue weighted by atomic mass is 10.0. The normalized spacial score (nSPS) is 10.3. The average Bonchev–Trinajstić information content (AvgIpc) is 2.23. The SMILES string of the molecule is Cc1ccc(F)cc1-c1ccc(=O)[nH]c1. The van der Waals surface area contributed by atoms with Gasteiger partial charge in [-0.25, -0.2) is 4.39 Å². The van der Waals surface area contributed by atoms with Crippen LogP contribution < -0.4 is 5.56 Å². The number of H-pyrrole nitrogens is 1. The third kappa shape index (κ3) is 1.96. The fourth-order valence-corrected chi connectivity index (χ4v) is 1.48. The Hall–Kier alpha value is -1.90. The van der Waals surface area contributed by atoms with Gasteiger partial charge in [-0.05, 0) is 41.8 Å². The van der Waals surface area contributed by atoms with Crippen molar-refractivity contribution in [2.24, 2.45) is 0 Å². The summed E-state index contributed by atoms with van der Waals surface area (Å²) in [6.45, 7) is 1.90. The zero-order valence-corrected chi connectivity index (χ0v) is 8.25. The molecule has 2 aromatic rings. The molecule has 0 unspecified atom stereocenters. The Morgan fingerprint density at radius 3 is 2.67 bits per heavy atom. The monoisotopic (exact) mass is 203 g/mol. The molecule has 0 aliphatic carbocycles. The molecular weight excluding hydrogens is 193 g/mol. The van der Waals surface area contributed by atoms with Crippen molar-refractivity contribution < 1.29 is 4.39 Å². The number of hydrogen-bond acceptors (Lipinski definition) is 1. The minimum absolute atomic E-state index is 0.159. The molecule has 0 saturated heterocycles. The van der Waals surface area contributed by atoms with Gasteiger partial charge < -0.3 is 4.98 Å². The lowest BCUT2D eigenvalue weighted by Crippen LogP contribution is -2.01. The van der Waals surface area contributed by atoms with Gasteiger partial charge in [-0.1, -0.05) is 6.07 Å². The molecule has 3 heteroatoms. The molecule has 2 rings (SSSR count). The third-order valence-corrected chi connectivity index (χ3v) is 2.29. The number of pyridine rings is 1. The lowest BCUT2D eigenvalue weighted by Gasteiger charge is -2.05. The minimum Gasteiger partial charge on any atom is -0.328 e. The highest BCUT2D eigenvalue weighted by Gasteiger charge is 2.02. The van der Waals surface area contributed by atoms with Gasteiger partial charge in [0.1, 0.15) is 5.82 Å². The van der Waals surface area contributed by atoms with Gasteiger partial charge >= 0.3 is 0 Å². The number of benzene rings is 1. The maximum absolute atomic E-state index is 13.0. The quantitative estimate of drug-likeness (QED) is 0.758. The maximum atomic E-state index is 13.0. The largest absolute Gasteiger partial charge is 0.328 e. The van der Waals surface area contributed by atoms with Gasteiger partial charge in [0.25, 0.3) is 0 Å². The van der Waals surface area contributed by atoms with Gasteiger partial charge in [0.15, 0.2) is 0 Å². The molecule has 1 aromatic carbocycles. The second-order valence-corrected chi connectivity index (χ2v) is 3.40. The molecule has 0 aliphatic rings. The molecule has 76 valence electrons. The summed E-state index contributed by atoms with van der Waals surface area (Å²) < 4.78 is 13.0. The maximum Gasteiger partial charge on any atom is 0.247 e. The number of aromatic amines is 1. The summed E-state index contributed by atoms with van der Waals surface area (Å²) in [6.07, 6.45) is 1.59. The molecule has 0 spiro atoms. The zero-order valence-electron chi connectivity index (χ0n) is 8.25. The van der Waals surface area contributed by atoms with E-state index in [1.54, 1.807) is 18.3 Å². The number of aryl methyl sites for hydroxylation is 1. The van der Waals surface area contributed by atoms with Crippen molar-refractivity contribution in [1.29, 1.82) is 0 Å². The highest BCUT2D eigenvalue weighted by atomic mass is 19.1. The number of rotatable bonds is 1. The van der Waals surface area contributed by atoms with Gasteiger partial charge in [-0.3, -0.25) is 4.79 Å². The first-order valence-electron chi connectivity index (χ1n) is 4.62. The Bertz CT molecular complexity index is 525. The van der Waals surface area contributed by atoms with Gasteiger partial charge in [-0.2, -0.15) is 0 Å². The van der Waals surface area contributed by atoms with E-state index in [1.165, 1.54) is 18.2 Å². The Kier molecular flexibility index (Phi) is 2.37. The molecule has 0 bridgehead atoms. The van der Waals surface area contributed by atoms with Crippen LogP contribution in [-0.4, -0.2) is 4.98 Å². The van der Waals surface area contributed by atoms with Crippen LogP contribution in [0.3, 0.4) is 0 Å². The number of aromatic nitrogens is 1. The molecule has 0 atom stereocenters. The van der Waals surface area contributed by atoms with Crippen molar-refractivity contribution in [3.05, 3.63) is 58.3 Å². The van der Waals surface area contributed by atoms with Crippen LogP contribution in [0.2, 0.25) is 0 Å². The molecule has 1 aromatic heterocycles. The predicted octanol–water partition coefficient (Wildman–Crippen LogP) is 2.49. The summed E-state index contributed by atoms with van der Waals surface area (Å²) in [5.74, 6) is -0.276. The van der Waals surface area contributed by atoms with Crippen molar-refractivity contribution >= 4 is 0 Å². The van der Waals surface area contributed by atoms with E-state index in [0.717, 1.165) is 16.7 Å². The van der Waals surface area contributed by atoms with E-state index in [1.807, 2.05) is 6.92 Å². The molecule has 0 radical (unpaired) electrons. The van der Waals surface area contributed by atoms with Crippen LogP contribution in [0.5, 0.6) is 0 Å². The van der Waals surface area contributed by atoms with E-state index < -0.39 is 0 Å². The minimum atomic E-state index is -0.276. The average molecular weight is 203 g/mol. The van der Waals surface area contributed by atoms with Gasteiger partial charge in [0.05, 0.1) is 0 Å². The Morgan fingerprint density at radius 2 is 2.00 bits per heavy atom. The summed E-state index contributed by atoms with van der Waals surface area (Å²) in [7, 11) is 0. The fourth-order valence-electron chi connectivity index (χ4n) is 1.48. The molecular formula is C12H10FNO. The summed E-state index contributed by atoms with van der Waals surface area (Å²) in [4.78, 5) is 13.4.